The first kappa shape index (κ1) is 15.9. The summed E-state index contributed by atoms with van der Waals surface area (Å²) in [5, 5.41) is 0. The lowest BCUT2D eigenvalue weighted by atomic mass is 10.2. The van der Waals surface area contributed by atoms with Gasteiger partial charge in [0.05, 0.1) is 9.37 Å². The molecule has 0 atom stereocenters. The van der Waals surface area contributed by atoms with E-state index in [0.29, 0.717) is 5.56 Å². The van der Waals surface area contributed by atoms with E-state index in [2.05, 4.69) is 15.9 Å². The maximum absolute atomic E-state index is 14.1. The van der Waals surface area contributed by atoms with Crippen molar-refractivity contribution in [3.63, 3.8) is 0 Å². The molecule has 2 N–H and O–H groups in total. The van der Waals surface area contributed by atoms with Gasteiger partial charge in [-0.25, -0.2) is 12.8 Å². The van der Waals surface area contributed by atoms with E-state index in [1.54, 1.807) is 12.1 Å². The third-order valence-electron chi connectivity index (χ3n) is 2.81. The zero-order chi connectivity index (χ0) is 15.6. The Balaban J connectivity index is 2.37. The molecule has 112 valence electrons. The molecule has 0 saturated carbocycles. The monoisotopic (exact) mass is 373 g/mol. The molecule has 0 aliphatic carbocycles. The summed E-state index contributed by atoms with van der Waals surface area (Å²) in [6.07, 6.45) is 1.10. The van der Waals surface area contributed by atoms with E-state index in [9.17, 15) is 12.8 Å². The second-order valence-corrected chi connectivity index (χ2v) is 7.21. The standard InChI is InChI=1S/C14H13BrFNO3S/c1-21(18,19)11-4-2-3-10(7-11)20-12-6-5-9(8-17)13(15)14(12)16/h2-7H,8,17H2,1H3. The van der Waals surface area contributed by atoms with Gasteiger partial charge in [0.25, 0.3) is 0 Å². The molecule has 0 heterocycles. The van der Waals surface area contributed by atoms with E-state index >= 15 is 0 Å². The van der Waals surface area contributed by atoms with Gasteiger partial charge in [0.1, 0.15) is 5.75 Å². The third kappa shape index (κ3) is 3.61. The average Bonchev–Trinajstić information content (AvgIpc) is 2.44. The van der Waals surface area contributed by atoms with Gasteiger partial charge in [-0.15, -0.1) is 0 Å². The molecule has 21 heavy (non-hydrogen) atoms. The van der Waals surface area contributed by atoms with Crippen molar-refractivity contribution in [1.82, 2.24) is 0 Å². The molecule has 0 aromatic heterocycles. The Hall–Kier alpha value is -1.44. The molecule has 0 amide bonds. The van der Waals surface area contributed by atoms with Crippen molar-refractivity contribution in [2.45, 2.75) is 11.4 Å². The van der Waals surface area contributed by atoms with Gasteiger partial charge in [-0.05, 0) is 45.8 Å². The molecule has 0 aliphatic rings. The van der Waals surface area contributed by atoms with Crippen LogP contribution < -0.4 is 10.5 Å². The van der Waals surface area contributed by atoms with Crippen LogP contribution in [0.4, 0.5) is 4.39 Å². The average molecular weight is 374 g/mol. The number of sulfone groups is 1. The van der Waals surface area contributed by atoms with Gasteiger partial charge in [-0.2, -0.15) is 0 Å². The fraction of sp³-hybridized carbons (Fsp3) is 0.143. The molecular weight excluding hydrogens is 361 g/mol. The summed E-state index contributed by atoms with van der Waals surface area (Å²) in [4.78, 5) is 0.109. The Kier molecular flexibility index (Phi) is 4.65. The number of benzene rings is 2. The van der Waals surface area contributed by atoms with Crippen LogP contribution in [0.3, 0.4) is 0 Å². The number of halogens is 2. The van der Waals surface area contributed by atoms with Gasteiger partial charge in [0, 0.05) is 12.8 Å². The minimum Gasteiger partial charge on any atom is -0.454 e. The van der Waals surface area contributed by atoms with Gasteiger partial charge in [-0.3, -0.25) is 0 Å². The van der Waals surface area contributed by atoms with Crippen LogP contribution in [0.2, 0.25) is 0 Å². The zero-order valence-corrected chi connectivity index (χ0v) is 13.5. The van der Waals surface area contributed by atoms with Crippen molar-refractivity contribution in [1.29, 1.82) is 0 Å². The lowest BCUT2D eigenvalue weighted by Gasteiger charge is -2.10. The van der Waals surface area contributed by atoms with E-state index < -0.39 is 15.7 Å². The number of rotatable bonds is 4. The van der Waals surface area contributed by atoms with Crippen LogP contribution in [0.1, 0.15) is 5.56 Å². The highest BCUT2D eigenvalue weighted by Gasteiger charge is 2.13. The Morgan fingerprint density at radius 3 is 2.62 bits per heavy atom. The molecule has 4 nitrogen and oxygen atoms in total. The van der Waals surface area contributed by atoms with Crippen molar-refractivity contribution in [3.8, 4) is 11.5 Å². The fourth-order valence-corrected chi connectivity index (χ4v) is 2.85. The van der Waals surface area contributed by atoms with Crippen molar-refractivity contribution in [2.75, 3.05) is 6.26 Å². The molecule has 0 fully saturated rings. The quantitative estimate of drug-likeness (QED) is 0.892. The number of hydrogen-bond acceptors (Lipinski definition) is 4. The first-order valence-electron chi connectivity index (χ1n) is 5.98. The Bertz CT molecular complexity index is 778. The molecule has 0 aliphatic heterocycles. The highest BCUT2D eigenvalue weighted by atomic mass is 79.9. The first-order chi connectivity index (χ1) is 9.82. The maximum Gasteiger partial charge on any atom is 0.180 e. The Morgan fingerprint density at radius 2 is 2.00 bits per heavy atom. The summed E-state index contributed by atoms with van der Waals surface area (Å²) >= 11 is 3.12. The molecule has 2 aromatic carbocycles. The van der Waals surface area contributed by atoms with Crippen LogP contribution in [0.15, 0.2) is 45.8 Å². The predicted molar refractivity (Wildman–Crippen MR) is 81.6 cm³/mol. The number of nitrogens with two attached hydrogens (primary N) is 1. The lowest BCUT2D eigenvalue weighted by Crippen LogP contribution is -2.00. The summed E-state index contributed by atoms with van der Waals surface area (Å²) in [5.41, 5.74) is 6.10. The van der Waals surface area contributed by atoms with E-state index in [-0.39, 0.29) is 27.4 Å². The second-order valence-electron chi connectivity index (χ2n) is 4.40. The van der Waals surface area contributed by atoms with Crippen molar-refractivity contribution < 1.29 is 17.5 Å². The Morgan fingerprint density at radius 1 is 1.29 bits per heavy atom. The van der Waals surface area contributed by atoms with Crippen LogP contribution >= 0.6 is 15.9 Å². The van der Waals surface area contributed by atoms with E-state index in [0.717, 1.165) is 6.26 Å². The second kappa shape index (κ2) is 6.13. The molecule has 0 saturated heterocycles. The summed E-state index contributed by atoms with van der Waals surface area (Å²) in [5.74, 6) is -0.350. The topological polar surface area (TPSA) is 69.4 Å². The van der Waals surface area contributed by atoms with Crippen molar-refractivity contribution >= 4 is 25.8 Å². The number of hydrogen-bond donors (Lipinski definition) is 1. The third-order valence-corrected chi connectivity index (χ3v) is 4.78. The molecule has 0 radical (unpaired) electrons. The molecule has 2 aromatic rings. The van der Waals surface area contributed by atoms with E-state index in [4.69, 9.17) is 10.5 Å². The summed E-state index contributed by atoms with van der Waals surface area (Å²) in [6, 6.07) is 8.98. The van der Waals surface area contributed by atoms with Crippen molar-refractivity contribution in [3.05, 3.63) is 52.3 Å². The van der Waals surface area contributed by atoms with Gasteiger partial charge < -0.3 is 10.5 Å². The van der Waals surface area contributed by atoms with Gasteiger partial charge in [0.15, 0.2) is 21.4 Å². The highest BCUT2D eigenvalue weighted by Crippen LogP contribution is 2.32. The molecule has 0 bridgehead atoms. The molecule has 0 spiro atoms. The fourth-order valence-electron chi connectivity index (χ4n) is 1.70. The minimum atomic E-state index is -3.35. The van der Waals surface area contributed by atoms with Crippen LogP contribution in [0.25, 0.3) is 0 Å². The highest BCUT2D eigenvalue weighted by molar-refractivity contribution is 9.10. The van der Waals surface area contributed by atoms with Crippen LogP contribution in [-0.4, -0.2) is 14.7 Å². The van der Waals surface area contributed by atoms with Crippen LogP contribution in [0, 0.1) is 5.82 Å². The molecule has 0 unspecified atom stereocenters. The molecular formula is C14H13BrFNO3S. The van der Waals surface area contributed by atoms with Crippen LogP contribution in [0.5, 0.6) is 11.5 Å². The van der Waals surface area contributed by atoms with Gasteiger partial charge >= 0.3 is 0 Å². The van der Waals surface area contributed by atoms with Gasteiger partial charge in [-0.1, -0.05) is 12.1 Å². The SMILES string of the molecule is CS(=O)(=O)c1cccc(Oc2ccc(CN)c(Br)c2F)c1. The largest absolute Gasteiger partial charge is 0.454 e. The summed E-state index contributed by atoms with van der Waals surface area (Å²) in [6.45, 7) is 0.196. The van der Waals surface area contributed by atoms with E-state index in [1.807, 2.05) is 0 Å². The minimum absolute atomic E-state index is 0.00951. The van der Waals surface area contributed by atoms with Gasteiger partial charge in [0.2, 0.25) is 0 Å². The normalized spacial score (nSPS) is 11.4. The number of ether oxygens (including phenoxy) is 1. The van der Waals surface area contributed by atoms with Crippen LogP contribution in [-0.2, 0) is 16.4 Å². The summed E-state index contributed by atoms with van der Waals surface area (Å²) in [7, 11) is -3.35. The predicted octanol–water partition coefficient (Wildman–Crippen LogP) is 3.24. The Labute approximate surface area is 130 Å². The molecule has 2 rings (SSSR count). The van der Waals surface area contributed by atoms with E-state index in [1.165, 1.54) is 24.3 Å². The first-order valence-corrected chi connectivity index (χ1v) is 8.66. The maximum atomic E-state index is 14.1. The lowest BCUT2D eigenvalue weighted by molar-refractivity contribution is 0.438. The van der Waals surface area contributed by atoms with Crippen molar-refractivity contribution in [2.24, 2.45) is 5.73 Å². The summed E-state index contributed by atoms with van der Waals surface area (Å²) < 4.78 is 42.8. The molecule has 7 heteroatoms. The zero-order valence-electron chi connectivity index (χ0n) is 11.1. The smallest absolute Gasteiger partial charge is 0.180 e.